The van der Waals surface area contributed by atoms with Crippen molar-refractivity contribution in [3.63, 3.8) is 0 Å². The minimum absolute atomic E-state index is 0.00653. The Bertz CT molecular complexity index is 2390. The number of fused-ring (bicyclic) bond motifs is 2. The van der Waals surface area contributed by atoms with Crippen molar-refractivity contribution in [3.8, 4) is 11.1 Å². The van der Waals surface area contributed by atoms with E-state index in [4.69, 9.17) is 0 Å². The van der Waals surface area contributed by atoms with Crippen LogP contribution in [0.25, 0.3) is 22.0 Å². The van der Waals surface area contributed by atoms with Crippen LogP contribution in [0.3, 0.4) is 0 Å². The molecule has 1 aliphatic rings. The Morgan fingerprint density at radius 1 is 0.773 bits per heavy atom. The molecule has 0 atom stereocenters. The third-order valence-electron chi connectivity index (χ3n) is 7.61. The smallest absolute Gasteiger partial charge is 0.296 e. The molecule has 1 aliphatic carbocycles. The molecular weight excluding hydrogens is 608 g/mol. The van der Waals surface area contributed by atoms with E-state index in [0.29, 0.717) is 5.69 Å². The average molecular weight is 631 g/mol. The van der Waals surface area contributed by atoms with Gasteiger partial charge in [-0.2, -0.15) is 16.8 Å². The summed E-state index contributed by atoms with van der Waals surface area (Å²) < 4.78 is 68.6. The maximum Gasteiger partial charge on any atom is 0.296 e. The first-order chi connectivity index (χ1) is 20.7. The number of aromatic nitrogens is 1. The fraction of sp³-hybridized carbons (Fsp3) is 0.0645. The molecule has 0 fully saturated rings. The van der Waals surface area contributed by atoms with Gasteiger partial charge in [-0.1, -0.05) is 42.5 Å². The van der Waals surface area contributed by atoms with Gasteiger partial charge in [-0.3, -0.25) is 23.5 Å². The van der Waals surface area contributed by atoms with Gasteiger partial charge in [-0.05, 0) is 60.9 Å². The molecule has 0 saturated carbocycles. The van der Waals surface area contributed by atoms with Gasteiger partial charge in [-0.15, -0.1) is 0 Å². The highest BCUT2D eigenvalue weighted by molar-refractivity contribution is 7.86. The fourth-order valence-electron chi connectivity index (χ4n) is 5.42. The van der Waals surface area contributed by atoms with E-state index in [2.05, 4.69) is 10.3 Å². The van der Waals surface area contributed by atoms with Gasteiger partial charge in [0.05, 0.1) is 27.2 Å². The van der Waals surface area contributed by atoms with E-state index in [-0.39, 0.29) is 44.4 Å². The molecule has 1 aromatic heterocycles. The van der Waals surface area contributed by atoms with E-state index in [0.717, 1.165) is 29.3 Å². The first kappa shape index (κ1) is 29.1. The lowest BCUT2D eigenvalue weighted by atomic mass is 9.80. The number of carbonyl (C=O) groups excluding carboxylic acids is 2. The number of hydrogen-bond donors (Lipinski definition) is 4. The molecule has 0 saturated heterocycles. The highest BCUT2D eigenvalue weighted by Crippen LogP contribution is 2.45. The zero-order valence-electron chi connectivity index (χ0n) is 23.0. The van der Waals surface area contributed by atoms with E-state index in [9.17, 15) is 40.3 Å². The lowest BCUT2D eigenvalue weighted by Gasteiger charge is -2.25. The van der Waals surface area contributed by atoms with Crippen molar-refractivity contribution in [1.29, 1.82) is 0 Å². The summed E-state index contributed by atoms with van der Waals surface area (Å²) in [6.45, 7) is 3.77. The number of rotatable bonds is 6. The third kappa shape index (κ3) is 4.72. The lowest BCUT2D eigenvalue weighted by Crippen LogP contribution is -2.25. The largest absolute Gasteiger partial charge is 0.355 e. The Morgan fingerprint density at radius 2 is 1.48 bits per heavy atom. The van der Waals surface area contributed by atoms with E-state index in [1.165, 1.54) is 24.3 Å². The topological polar surface area (TPSA) is 188 Å². The molecule has 4 aromatic carbocycles. The number of nitrogens with one attached hydrogen (secondary N) is 2. The van der Waals surface area contributed by atoms with Gasteiger partial charge in [0.25, 0.3) is 25.8 Å². The van der Waals surface area contributed by atoms with Crippen LogP contribution < -0.4 is 10.9 Å². The Morgan fingerprint density at radius 3 is 2.14 bits per heavy atom. The SMILES string of the molecule is Cc1ccc(Nc2cc(S(=O)(=O)O)c3[nH]c(=O)c(C(=O)c4cccc(S(=O)(=O)O)c4)c4c3c2C(=O)c2ccccc2-4)cc1C. The second-order valence-corrected chi connectivity index (χ2v) is 13.2. The zero-order valence-corrected chi connectivity index (χ0v) is 24.6. The van der Waals surface area contributed by atoms with Crippen molar-refractivity contribution >= 4 is 54.1 Å². The first-order valence-electron chi connectivity index (χ1n) is 13.0. The second-order valence-electron chi connectivity index (χ2n) is 10.4. The molecule has 0 aliphatic heterocycles. The predicted octanol–water partition coefficient (Wildman–Crippen LogP) is 4.82. The monoisotopic (exact) mass is 630 g/mol. The summed E-state index contributed by atoms with van der Waals surface area (Å²) in [6, 6.07) is 16.9. The van der Waals surface area contributed by atoms with Crippen molar-refractivity contribution in [2.75, 3.05) is 5.32 Å². The number of benzene rings is 4. The third-order valence-corrected chi connectivity index (χ3v) is 9.34. The van der Waals surface area contributed by atoms with Crippen molar-refractivity contribution in [3.05, 3.63) is 117 Å². The van der Waals surface area contributed by atoms with E-state index < -0.39 is 52.7 Å². The van der Waals surface area contributed by atoms with Crippen LogP contribution in [-0.2, 0) is 20.2 Å². The second kappa shape index (κ2) is 10.1. The Balaban J connectivity index is 1.76. The van der Waals surface area contributed by atoms with Crippen molar-refractivity contribution in [2.45, 2.75) is 23.6 Å². The molecule has 1 heterocycles. The zero-order chi connectivity index (χ0) is 31.7. The average Bonchev–Trinajstić information content (AvgIpc) is 2.96. The number of ketones is 2. The van der Waals surface area contributed by atoms with Gasteiger partial charge < -0.3 is 10.3 Å². The maximum absolute atomic E-state index is 14.1. The molecular formula is C31H22N2O9S2. The number of H-pyrrole nitrogens is 1. The molecule has 5 aromatic rings. The summed E-state index contributed by atoms with van der Waals surface area (Å²) in [5.74, 6) is -1.49. The van der Waals surface area contributed by atoms with E-state index in [1.807, 2.05) is 19.9 Å². The Hall–Kier alpha value is -4.95. The molecule has 13 heteroatoms. The molecule has 6 rings (SSSR count). The Kier molecular flexibility index (Phi) is 6.66. The summed E-state index contributed by atoms with van der Waals surface area (Å²) in [6.07, 6.45) is 0. The summed E-state index contributed by atoms with van der Waals surface area (Å²) in [5, 5.41) is 2.96. The summed E-state index contributed by atoms with van der Waals surface area (Å²) in [5.41, 5.74) is 0.308. The van der Waals surface area contributed by atoms with E-state index >= 15 is 0 Å². The summed E-state index contributed by atoms with van der Waals surface area (Å²) >= 11 is 0. The van der Waals surface area contributed by atoms with Crippen LogP contribution in [0.4, 0.5) is 11.4 Å². The van der Waals surface area contributed by atoms with Crippen LogP contribution in [0.15, 0.2) is 87.4 Å². The van der Waals surface area contributed by atoms with Crippen LogP contribution in [0.1, 0.15) is 43.0 Å². The maximum atomic E-state index is 14.1. The molecule has 0 radical (unpaired) electrons. The quantitative estimate of drug-likeness (QED) is 0.147. The minimum Gasteiger partial charge on any atom is -0.355 e. The van der Waals surface area contributed by atoms with Crippen LogP contribution in [0, 0.1) is 13.8 Å². The van der Waals surface area contributed by atoms with Gasteiger partial charge >= 0.3 is 0 Å². The van der Waals surface area contributed by atoms with Crippen LogP contribution in [0.2, 0.25) is 0 Å². The van der Waals surface area contributed by atoms with Gasteiger partial charge in [0.15, 0.2) is 11.6 Å². The minimum atomic E-state index is -5.00. The van der Waals surface area contributed by atoms with Crippen molar-refractivity contribution < 1.29 is 35.5 Å². The number of pyridine rings is 1. The highest BCUT2D eigenvalue weighted by atomic mass is 32.2. The molecule has 4 N–H and O–H groups in total. The molecule has 44 heavy (non-hydrogen) atoms. The molecule has 0 amide bonds. The van der Waals surface area contributed by atoms with Crippen molar-refractivity contribution in [2.24, 2.45) is 0 Å². The normalized spacial score (nSPS) is 12.7. The molecule has 0 unspecified atom stereocenters. The first-order valence-corrected chi connectivity index (χ1v) is 15.9. The lowest BCUT2D eigenvalue weighted by molar-refractivity contribution is 0.102. The number of aryl methyl sites for hydroxylation is 2. The number of aromatic amines is 1. The molecule has 222 valence electrons. The highest BCUT2D eigenvalue weighted by Gasteiger charge is 2.36. The van der Waals surface area contributed by atoms with Gasteiger partial charge in [-0.25, -0.2) is 0 Å². The van der Waals surface area contributed by atoms with Crippen molar-refractivity contribution in [1.82, 2.24) is 4.98 Å². The summed E-state index contributed by atoms with van der Waals surface area (Å²) in [4.78, 5) is 42.7. The van der Waals surface area contributed by atoms with E-state index in [1.54, 1.807) is 24.3 Å². The summed E-state index contributed by atoms with van der Waals surface area (Å²) in [7, 11) is -9.70. The molecule has 0 spiro atoms. The molecule has 0 bridgehead atoms. The Labute approximate surface area is 250 Å². The van der Waals surface area contributed by atoms with Gasteiger partial charge in [0.2, 0.25) is 0 Å². The van der Waals surface area contributed by atoms with Gasteiger partial charge in [0, 0.05) is 27.8 Å². The standard InChI is InChI=1S/C31H22N2O9S2/c1-15-10-11-18(12-16(15)2)32-22-14-23(44(40,41)42)28-26-24(20-8-3-4-9-21(20)30(35)25(22)26)27(31(36)33-28)29(34)17-6-5-7-19(13-17)43(37,38)39/h3-14,32H,1-2H3,(H,33,36)(H,37,38,39)(H,40,41,42). The van der Waals surface area contributed by atoms with Crippen LogP contribution in [-0.4, -0.2) is 42.5 Å². The predicted molar refractivity (Wildman–Crippen MR) is 162 cm³/mol. The number of anilines is 2. The fourth-order valence-corrected chi connectivity index (χ4v) is 6.63. The number of hydrogen-bond acceptors (Lipinski definition) is 8. The van der Waals surface area contributed by atoms with Crippen LogP contribution in [0.5, 0.6) is 0 Å². The van der Waals surface area contributed by atoms with Crippen LogP contribution >= 0.6 is 0 Å². The number of carbonyl (C=O) groups is 2. The van der Waals surface area contributed by atoms with Gasteiger partial charge in [0.1, 0.15) is 4.90 Å². The molecule has 11 nitrogen and oxygen atoms in total.